The molecule has 1 atom stereocenters. The third-order valence-electron chi connectivity index (χ3n) is 4.69. The molecule has 1 saturated heterocycles. The van der Waals surface area contributed by atoms with E-state index >= 15 is 0 Å². The van der Waals surface area contributed by atoms with Crippen molar-refractivity contribution in [2.45, 2.75) is 6.04 Å². The number of nitriles is 1. The zero-order chi connectivity index (χ0) is 20.1. The standard InChI is InChI=1S/C21H18Cl2FN3O/c22-18-3-1-2-16(21(18)23)6-9-20(28)27-12-10-26(11-13-27)19(14-25)15-4-7-17(24)8-5-15/h1-9,19H,10-13H2. The highest BCUT2D eigenvalue weighted by molar-refractivity contribution is 6.42. The lowest BCUT2D eigenvalue weighted by atomic mass is 10.1. The molecule has 1 amide bonds. The molecule has 2 aromatic rings. The average Bonchev–Trinajstić information content (AvgIpc) is 2.71. The topological polar surface area (TPSA) is 47.3 Å². The van der Waals surface area contributed by atoms with Gasteiger partial charge in [-0.25, -0.2) is 4.39 Å². The third-order valence-corrected chi connectivity index (χ3v) is 5.52. The maximum Gasteiger partial charge on any atom is 0.246 e. The van der Waals surface area contributed by atoms with Crippen molar-refractivity contribution in [3.05, 3.63) is 75.5 Å². The molecule has 1 fully saturated rings. The van der Waals surface area contributed by atoms with E-state index in [1.165, 1.54) is 18.2 Å². The molecule has 7 heteroatoms. The van der Waals surface area contributed by atoms with Gasteiger partial charge in [-0.3, -0.25) is 9.69 Å². The van der Waals surface area contributed by atoms with E-state index in [0.29, 0.717) is 41.8 Å². The summed E-state index contributed by atoms with van der Waals surface area (Å²) in [5.41, 5.74) is 1.43. The molecule has 0 saturated carbocycles. The van der Waals surface area contributed by atoms with E-state index in [4.69, 9.17) is 23.2 Å². The van der Waals surface area contributed by atoms with E-state index in [0.717, 1.165) is 5.56 Å². The molecule has 1 heterocycles. The first-order valence-corrected chi connectivity index (χ1v) is 9.55. The fourth-order valence-corrected chi connectivity index (χ4v) is 3.50. The second-order valence-corrected chi connectivity index (χ2v) is 7.21. The van der Waals surface area contributed by atoms with Crippen molar-refractivity contribution in [2.75, 3.05) is 26.2 Å². The predicted molar refractivity (Wildman–Crippen MR) is 108 cm³/mol. The van der Waals surface area contributed by atoms with E-state index in [-0.39, 0.29) is 11.7 Å². The molecule has 0 aliphatic carbocycles. The zero-order valence-electron chi connectivity index (χ0n) is 15.0. The average molecular weight is 418 g/mol. The molecule has 0 spiro atoms. The van der Waals surface area contributed by atoms with Crippen LogP contribution in [0.25, 0.3) is 6.08 Å². The number of halogens is 3. The summed E-state index contributed by atoms with van der Waals surface area (Å²) in [7, 11) is 0. The monoisotopic (exact) mass is 417 g/mol. The Hall–Kier alpha value is -2.39. The Balaban J connectivity index is 1.60. The van der Waals surface area contributed by atoms with Crippen LogP contribution >= 0.6 is 23.2 Å². The minimum atomic E-state index is -0.460. The van der Waals surface area contributed by atoms with Crippen LogP contribution in [-0.4, -0.2) is 41.9 Å². The highest BCUT2D eigenvalue weighted by atomic mass is 35.5. The molecule has 0 radical (unpaired) electrons. The van der Waals surface area contributed by atoms with Crippen LogP contribution in [0.1, 0.15) is 17.2 Å². The van der Waals surface area contributed by atoms with Crippen LogP contribution in [0.2, 0.25) is 10.0 Å². The smallest absolute Gasteiger partial charge is 0.246 e. The largest absolute Gasteiger partial charge is 0.337 e. The number of hydrogen-bond acceptors (Lipinski definition) is 3. The van der Waals surface area contributed by atoms with Gasteiger partial charge in [-0.15, -0.1) is 0 Å². The molecule has 4 nitrogen and oxygen atoms in total. The summed E-state index contributed by atoms with van der Waals surface area (Å²) in [5.74, 6) is -0.451. The summed E-state index contributed by atoms with van der Waals surface area (Å²) in [6.45, 7) is 2.14. The summed E-state index contributed by atoms with van der Waals surface area (Å²) in [6, 6.07) is 13.0. The molecule has 2 aromatic carbocycles. The summed E-state index contributed by atoms with van der Waals surface area (Å²) in [5, 5.41) is 10.4. The number of benzene rings is 2. The van der Waals surface area contributed by atoms with Crippen molar-refractivity contribution in [2.24, 2.45) is 0 Å². The summed E-state index contributed by atoms with van der Waals surface area (Å²) in [4.78, 5) is 16.2. The number of hydrogen-bond donors (Lipinski definition) is 0. The number of amides is 1. The lowest BCUT2D eigenvalue weighted by molar-refractivity contribution is -0.127. The SMILES string of the molecule is N#CC(c1ccc(F)cc1)N1CCN(C(=O)C=Cc2cccc(Cl)c2Cl)CC1. The van der Waals surface area contributed by atoms with Gasteiger partial charge in [0, 0.05) is 32.3 Å². The minimum Gasteiger partial charge on any atom is -0.337 e. The van der Waals surface area contributed by atoms with Crippen molar-refractivity contribution in [1.82, 2.24) is 9.80 Å². The van der Waals surface area contributed by atoms with Crippen LogP contribution < -0.4 is 0 Å². The van der Waals surface area contributed by atoms with E-state index in [9.17, 15) is 14.4 Å². The van der Waals surface area contributed by atoms with Crippen molar-refractivity contribution >= 4 is 35.2 Å². The van der Waals surface area contributed by atoms with Crippen LogP contribution in [0, 0.1) is 17.1 Å². The first-order chi connectivity index (χ1) is 13.5. The molecule has 28 heavy (non-hydrogen) atoms. The maximum absolute atomic E-state index is 13.1. The van der Waals surface area contributed by atoms with E-state index in [1.807, 2.05) is 4.90 Å². The Morgan fingerprint density at radius 2 is 1.79 bits per heavy atom. The molecule has 1 aliphatic rings. The highest BCUT2D eigenvalue weighted by Crippen LogP contribution is 2.26. The zero-order valence-corrected chi connectivity index (χ0v) is 16.5. The van der Waals surface area contributed by atoms with E-state index in [2.05, 4.69) is 6.07 Å². The molecule has 0 N–H and O–H groups in total. The Kier molecular flexibility index (Phi) is 6.69. The number of nitrogens with zero attached hydrogens (tertiary/aromatic N) is 3. The fraction of sp³-hybridized carbons (Fsp3) is 0.238. The first kappa shape index (κ1) is 20.3. The van der Waals surface area contributed by atoms with Gasteiger partial charge in [0.15, 0.2) is 0 Å². The van der Waals surface area contributed by atoms with Crippen LogP contribution in [-0.2, 0) is 4.79 Å². The van der Waals surface area contributed by atoms with Gasteiger partial charge in [-0.1, -0.05) is 47.5 Å². The molecular weight excluding hydrogens is 400 g/mol. The number of piperazine rings is 1. The molecule has 1 aliphatic heterocycles. The Morgan fingerprint density at radius 3 is 2.43 bits per heavy atom. The molecule has 3 rings (SSSR count). The molecule has 0 aromatic heterocycles. The van der Waals surface area contributed by atoms with E-state index in [1.54, 1.807) is 41.3 Å². The Morgan fingerprint density at radius 1 is 1.11 bits per heavy atom. The van der Waals surface area contributed by atoms with Gasteiger partial charge in [0.1, 0.15) is 11.9 Å². The van der Waals surface area contributed by atoms with Crippen LogP contribution in [0.5, 0.6) is 0 Å². The molecule has 0 bridgehead atoms. The maximum atomic E-state index is 13.1. The fourth-order valence-electron chi connectivity index (χ4n) is 3.13. The van der Waals surface area contributed by atoms with E-state index < -0.39 is 6.04 Å². The normalized spacial score (nSPS) is 16.1. The van der Waals surface area contributed by atoms with Crippen molar-refractivity contribution in [3.8, 4) is 6.07 Å². The summed E-state index contributed by atoms with van der Waals surface area (Å²) in [6.07, 6.45) is 3.13. The van der Waals surface area contributed by atoms with Gasteiger partial charge < -0.3 is 4.90 Å². The lowest BCUT2D eigenvalue weighted by Gasteiger charge is -2.36. The third kappa shape index (κ3) is 4.71. The second kappa shape index (κ2) is 9.20. The van der Waals surface area contributed by atoms with Gasteiger partial charge in [0.05, 0.1) is 16.1 Å². The number of rotatable bonds is 4. The second-order valence-electron chi connectivity index (χ2n) is 6.42. The van der Waals surface area contributed by atoms with Crippen LogP contribution in [0.3, 0.4) is 0 Å². The molecule has 1 unspecified atom stereocenters. The van der Waals surface area contributed by atoms with Crippen LogP contribution in [0.15, 0.2) is 48.5 Å². The quantitative estimate of drug-likeness (QED) is 0.685. The summed E-state index contributed by atoms with van der Waals surface area (Å²) >= 11 is 12.1. The minimum absolute atomic E-state index is 0.119. The Bertz CT molecular complexity index is 916. The van der Waals surface area contributed by atoms with Crippen molar-refractivity contribution in [3.63, 3.8) is 0 Å². The van der Waals surface area contributed by atoms with Gasteiger partial charge in [-0.05, 0) is 35.4 Å². The van der Waals surface area contributed by atoms with Crippen molar-refractivity contribution in [1.29, 1.82) is 5.26 Å². The van der Waals surface area contributed by atoms with Crippen LogP contribution in [0.4, 0.5) is 4.39 Å². The Labute approximate surface area is 173 Å². The number of carbonyl (C=O) groups excluding carboxylic acids is 1. The van der Waals surface area contributed by atoms with Gasteiger partial charge in [0.25, 0.3) is 0 Å². The van der Waals surface area contributed by atoms with Gasteiger partial charge in [0.2, 0.25) is 5.91 Å². The van der Waals surface area contributed by atoms with Gasteiger partial charge >= 0.3 is 0 Å². The number of carbonyl (C=O) groups is 1. The molecule has 144 valence electrons. The highest BCUT2D eigenvalue weighted by Gasteiger charge is 2.26. The lowest BCUT2D eigenvalue weighted by Crippen LogP contribution is -2.49. The van der Waals surface area contributed by atoms with Crippen molar-refractivity contribution < 1.29 is 9.18 Å². The summed E-state index contributed by atoms with van der Waals surface area (Å²) < 4.78 is 13.1. The van der Waals surface area contributed by atoms with Gasteiger partial charge in [-0.2, -0.15) is 5.26 Å². The first-order valence-electron chi connectivity index (χ1n) is 8.79. The predicted octanol–water partition coefficient (Wildman–Crippen LogP) is 4.55. The molecular formula is C21H18Cl2FN3O.